The van der Waals surface area contributed by atoms with Gasteiger partial charge in [-0.1, -0.05) is 17.7 Å². The molecule has 1 heterocycles. The first kappa shape index (κ1) is 8.76. The SMILES string of the molecule is Cc1cc(C)c2c(C)sc(C)c2c1. The molecule has 13 heavy (non-hydrogen) atoms. The second kappa shape index (κ2) is 2.85. The maximum absolute atomic E-state index is 2.29. The topological polar surface area (TPSA) is 0 Å². The summed E-state index contributed by atoms with van der Waals surface area (Å²) in [5, 5.41) is 2.91. The molecule has 0 bridgehead atoms. The molecular weight excluding hydrogens is 176 g/mol. The van der Waals surface area contributed by atoms with Gasteiger partial charge < -0.3 is 0 Å². The van der Waals surface area contributed by atoms with Crippen LogP contribution in [-0.2, 0) is 0 Å². The van der Waals surface area contributed by atoms with Crippen molar-refractivity contribution >= 4 is 22.1 Å². The molecule has 0 atom stereocenters. The Morgan fingerprint density at radius 3 is 2.31 bits per heavy atom. The van der Waals surface area contributed by atoms with E-state index >= 15 is 0 Å². The largest absolute Gasteiger partial charge is 0.145 e. The van der Waals surface area contributed by atoms with Crippen molar-refractivity contribution in [2.75, 3.05) is 0 Å². The highest BCUT2D eigenvalue weighted by atomic mass is 32.1. The van der Waals surface area contributed by atoms with Crippen LogP contribution in [0.15, 0.2) is 12.1 Å². The molecule has 0 saturated heterocycles. The van der Waals surface area contributed by atoms with Gasteiger partial charge in [0.25, 0.3) is 0 Å². The molecule has 0 aliphatic heterocycles. The Balaban J connectivity index is 2.97. The van der Waals surface area contributed by atoms with Gasteiger partial charge in [-0.15, -0.1) is 11.3 Å². The van der Waals surface area contributed by atoms with Crippen LogP contribution in [0.5, 0.6) is 0 Å². The average Bonchev–Trinajstić information content (AvgIpc) is 2.27. The van der Waals surface area contributed by atoms with E-state index in [0.29, 0.717) is 0 Å². The molecule has 0 radical (unpaired) electrons. The smallest absolute Gasteiger partial charge is 0.00983 e. The standard InChI is InChI=1S/C12H14S/c1-7-5-8(2)12-10(4)13-9(3)11(12)6-7/h5-6H,1-4H3. The van der Waals surface area contributed by atoms with Crippen LogP contribution in [0.4, 0.5) is 0 Å². The molecule has 1 aromatic heterocycles. The third kappa shape index (κ3) is 1.28. The minimum atomic E-state index is 1.37. The second-order valence-corrected chi connectivity index (χ2v) is 5.15. The van der Waals surface area contributed by atoms with Crippen molar-refractivity contribution in [3.8, 4) is 0 Å². The number of rotatable bonds is 0. The molecule has 1 aromatic carbocycles. The molecule has 2 rings (SSSR count). The zero-order valence-corrected chi connectivity index (χ0v) is 9.38. The number of aryl methyl sites for hydroxylation is 4. The van der Waals surface area contributed by atoms with Crippen LogP contribution in [-0.4, -0.2) is 0 Å². The van der Waals surface area contributed by atoms with Crippen LogP contribution < -0.4 is 0 Å². The molecule has 0 aliphatic carbocycles. The molecule has 0 fully saturated rings. The molecule has 0 nitrogen and oxygen atoms in total. The second-order valence-electron chi connectivity index (χ2n) is 3.72. The summed E-state index contributed by atoms with van der Waals surface area (Å²) in [5.41, 5.74) is 2.78. The molecular formula is C12H14S. The minimum absolute atomic E-state index is 1.37. The van der Waals surface area contributed by atoms with E-state index in [2.05, 4.69) is 39.8 Å². The van der Waals surface area contributed by atoms with Crippen molar-refractivity contribution in [2.24, 2.45) is 0 Å². The maximum Gasteiger partial charge on any atom is 0.00983 e. The summed E-state index contributed by atoms with van der Waals surface area (Å²) < 4.78 is 0. The van der Waals surface area contributed by atoms with E-state index in [4.69, 9.17) is 0 Å². The molecule has 2 aromatic rings. The van der Waals surface area contributed by atoms with Crippen LogP contribution in [0.2, 0.25) is 0 Å². The van der Waals surface area contributed by atoms with Crippen molar-refractivity contribution in [2.45, 2.75) is 27.7 Å². The lowest BCUT2D eigenvalue weighted by Crippen LogP contribution is -1.79. The Kier molecular flexibility index (Phi) is 1.92. The molecule has 0 N–H and O–H groups in total. The van der Waals surface area contributed by atoms with Crippen LogP contribution >= 0.6 is 11.3 Å². The van der Waals surface area contributed by atoms with E-state index in [1.165, 1.54) is 31.7 Å². The van der Waals surface area contributed by atoms with Crippen LogP contribution in [0.1, 0.15) is 20.9 Å². The molecule has 68 valence electrons. The number of thiophene rings is 1. The Morgan fingerprint density at radius 1 is 0.923 bits per heavy atom. The van der Waals surface area contributed by atoms with Gasteiger partial charge in [-0.3, -0.25) is 0 Å². The number of benzene rings is 1. The fourth-order valence-electron chi connectivity index (χ4n) is 2.05. The van der Waals surface area contributed by atoms with Gasteiger partial charge in [-0.25, -0.2) is 0 Å². The van der Waals surface area contributed by atoms with Crippen LogP contribution in [0, 0.1) is 27.7 Å². The van der Waals surface area contributed by atoms with Gasteiger partial charge in [-0.2, -0.15) is 0 Å². The van der Waals surface area contributed by atoms with Crippen LogP contribution in [0.25, 0.3) is 10.8 Å². The average molecular weight is 190 g/mol. The minimum Gasteiger partial charge on any atom is -0.145 e. The molecule has 1 heteroatoms. The van der Waals surface area contributed by atoms with E-state index in [-0.39, 0.29) is 0 Å². The number of hydrogen-bond acceptors (Lipinski definition) is 1. The quantitative estimate of drug-likeness (QED) is 0.586. The van der Waals surface area contributed by atoms with E-state index in [1.54, 1.807) is 0 Å². The molecule has 0 unspecified atom stereocenters. The fourth-order valence-corrected chi connectivity index (χ4v) is 3.15. The molecule has 0 amide bonds. The van der Waals surface area contributed by atoms with E-state index in [0.717, 1.165) is 0 Å². The summed E-state index contributed by atoms with van der Waals surface area (Å²) in [4.78, 5) is 2.89. The normalized spacial score (nSPS) is 11.1. The predicted octanol–water partition coefficient (Wildman–Crippen LogP) is 4.13. The van der Waals surface area contributed by atoms with Crippen molar-refractivity contribution in [3.05, 3.63) is 33.0 Å². The first-order valence-electron chi connectivity index (χ1n) is 4.56. The zero-order valence-electron chi connectivity index (χ0n) is 8.56. The van der Waals surface area contributed by atoms with E-state index < -0.39 is 0 Å². The lowest BCUT2D eigenvalue weighted by molar-refractivity contribution is 1.42. The summed E-state index contributed by atoms with van der Waals surface area (Å²) in [6, 6.07) is 4.56. The Hall–Kier alpha value is -0.820. The predicted molar refractivity (Wildman–Crippen MR) is 60.8 cm³/mol. The number of fused-ring (bicyclic) bond motifs is 1. The summed E-state index contributed by atoms with van der Waals surface area (Å²) >= 11 is 1.91. The molecule has 0 saturated carbocycles. The first-order chi connectivity index (χ1) is 6.09. The van der Waals surface area contributed by atoms with Crippen molar-refractivity contribution in [1.82, 2.24) is 0 Å². The van der Waals surface area contributed by atoms with Crippen molar-refractivity contribution in [3.63, 3.8) is 0 Å². The lowest BCUT2D eigenvalue weighted by Gasteiger charge is -2.00. The van der Waals surface area contributed by atoms with Gasteiger partial charge in [0.2, 0.25) is 0 Å². The van der Waals surface area contributed by atoms with Crippen molar-refractivity contribution in [1.29, 1.82) is 0 Å². The van der Waals surface area contributed by atoms with Gasteiger partial charge in [0.1, 0.15) is 0 Å². The Bertz CT molecular complexity index is 463. The van der Waals surface area contributed by atoms with Gasteiger partial charge in [0.05, 0.1) is 0 Å². The highest BCUT2D eigenvalue weighted by Crippen LogP contribution is 2.33. The van der Waals surface area contributed by atoms with Gasteiger partial charge >= 0.3 is 0 Å². The highest BCUT2D eigenvalue weighted by Gasteiger charge is 2.07. The third-order valence-corrected chi connectivity index (χ3v) is 3.55. The number of hydrogen-bond donors (Lipinski definition) is 0. The summed E-state index contributed by atoms with van der Waals surface area (Å²) in [7, 11) is 0. The summed E-state index contributed by atoms with van der Waals surface area (Å²) in [5.74, 6) is 0. The maximum atomic E-state index is 2.29. The molecule has 0 spiro atoms. The molecule has 0 aliphatic rings. The van der Waals surface area contributed by atoms with E-state index in [9.17, 15) is 0 Å². The zero-order chi connectivity index (χ0) is 9.59. The lowest BCUT2D eigenvalue weighted by atomic mass is 10.0. The fraction of sp³-hybridized carbons (Fsp3) is 0.333. The first-order valence-corrected chi connectivity index (χ1v) is 5.38. The summed E-state index contributed by atoms with van der Waals surface area (Å²) in [6.45, 7) is 8.79. The van der Waals surface area contributed by atoms with Crippen LogP contribution in [0.3, 0.4) is 0 Å². The van der Waals surface area contributed by atoms with E-state index in [1.807, 2.05) is 11.3 Å². The monoisotopic (exact) mass is 190 g/mol. The van der Waals surface area contributed by atoms with Gasteiger partial charge in [0.15, 0.2) is 0 Å². The van der Waals surface area contributed by atoms with Gasteiger partial charge in [0, 0.05) is 9.75 Å². The Morgan fingerprint density at radius 2 is 1.62 bits per heavy atom. The Labute approximate surface area is 83.2 Å². The summed E-state index contributed by atoms with van der Waals surface area (Å²) in [6.07, 6.45) is 0. The third-order valence-electron chi connectivity index (χ3n) is 2.52. The van der Waals surface area contributed by atoms with Gasteiger partial charge in [-0.05, 0) is 44.0 Å². The van der Waals surface area contributed by atoms with Crippen molar-refractivity contribution < 1.29 is 0 Å². The highest BCUT2D eigenvalue weighted by molar-refractivity contribution is 7.13.